The third-order valence-electron chi connectivity index (χ3n) is 3.95. The van der Waals surface area contributed by atoms with Gasteiger partial charge >= 0.3 is 0 Å². The number of thioether (sulfide) groups is 1. The minimum Gasteiger partial charge on any atom is -0.375 e. The quantitative estimate of drug-likeness (QED) is 0.925. The monoisotopic (exact) mass is 284 g/mol. The van der Waals surface area contributed by atoms with Gasteiger partial charge in [-0.15, -0.1) is 11.3 Å². The van der Waals surface area contributed by atoms with Gasteiger partial charge < -0.3 is 10.1 Å². The van der Waals surface area contributed by atoms with Crippen LogP contribution in [0, 0.1) is 0 Å². The molecular weight excluding hydrogens is 264 g/mol. The molecule has 3 nitrogen and oxygen atoms in total. The van der Waals surface area contributed by atoms with Gasteiger partial charge in [-0.1, -0.05) is 0 Å². The lowest BCUT2D eigenvalue weighted by Crippen LogP contribution is -2.48. The van der Waals surface area contributed by atoms with E-state index in [1.54, 1.807) is 11.3 Å². The molecule has 2 aliphatic heterocycles. The van der Waals surface area contributed by atoms with E-state index in [1.807, 2.05) is 11.7 Å². The molecule has 1 spiro atoms. The second kappa shape index (κ2) is 5.90. The average Bonchev–Trinajstić information content (AvgIpc) is 2.91. The summed E-state index contributed by atoms with van der Waals surface area (Å²) in [6.45, 7) is 1.88. The number of aromatic nitrogens is 1. The second-order valence-corrected chi connectivity index (χ2v) is 7.38. The Kier molecular flexibility index (Phi) is 4.23. The number of hydrogen-bond acceptors (Lipinski definition) is 5. The second-order valence-electron chi connectivity index (χ2n) is 5.18. The van der Waals surface area contributed by atoms with Gasteiger partial charge in [-0.25, -0.2) is 0 Å². The highest BCUT2D eigenvalue weighted by Gasteiger charge is 2.38. The maximum atomic E-state index is 6.11. The van der Waals surface area contributed by atoms with E-state index in [0.29, 0.717) is 6.04 Å². The molecule has 0 aliphatic carbocycles. The highest BCUT2D eigenvalue weighted by molar-refractivity contribution is 7.99. The molecule has 0 amide bonds. The van der Waals surface area contributed by atoms with E-state index in [4.69, 9.17) is 4.74 Å². The summed E-state index contributed by atoms with van der Waals surface area (Å²) in [5, 5.41) is 3.68. The standard InChI is InChI=1S/C13H20N2OS2/c1-4-16-13(2-5-17-6-3-13)7-11(1)15-9-12-8-14-10-18-12/h8,10-11,15H,1-7,9H2. The van der Waals surface area contributed by atoms with Crippen LogP contribution in [0.5, 0.6) is 0 Å². The molecule has 2 fully saturated rings. The maximum absolute atomic E-state index is 6.11. The number of rotatable bonds is 3. The number of hydrogen-bond donors (Lipinski definition) is 1. The van der Waals surface area contributed by atoms with Crippen molar-refractivity contribution in [1.29, 1.82) is 0 Å². The van der Waals surface area contributed by atoms with Gasteiger partial charge in [-0.05, 0) is 37.2 Å². The van der Waals surface area contributed by atoms with Crippen LogP contribution in [0.2, 0.25) is 0 Å². The van der Waals surface area contributed by atoms with E-state index in [0.717, 1.165) is 19.6 Å². The largest absolute Gasteiger partial charge is 0.375 e. The van der Waals surface area contributed by atoms with Crippen molar-refractivity contribution in [2.24, 2.45) is 0 Å². The van der Waals surface area contributed by atoms with Crippen molar-refractivity contribution in [1.82, 2.24) is 10.3 Å². The van der Waals surface area contributed by atoms with Gasteiger partial charge in [0.15, 0.2) is 0 Å². The zero-order valence-electron chi connectivity index (χ0n) is 10.6. The Labute approximate surface area is 117 Å². The lowest BCUT2D eigenvalue weighted by Gasteiger charge is -2.43. The average molecular weight is 284 g/mol. The summed E-state index contributed by atoms with van der Waals surface area (Å²) in [5.41, 5.74) is 2.09. The Morgan fingerprint density at radius 2 is 2.33 bits per heavy atom. The first kappa shape index (κ1) is 12.9. The fourth-order valence-corrected chi connectivity index (χ4v) is 4.65. The molecule has 100 valence electrons. The van der Waals surface area contributed by atoms with Gasteiger partial charge in [-0.3, -0.25) is 4.98 Å². The van der Waals surface area contributed by atoms with Crippen molar-refractivity contribution in [3.63, 3.8) is 0 Å². The Bertz CT molecular complexity index is 358. The lowest BCUT2D eigenvalue weighted by molar-refractivity contribution is -0.0933. The summed E-state index contributed by atoms with van der Waals surface area (Å²) in [7, 11) is 0. The third kappa shape index (κ3) is 3.07. The van der Waals surface area contributed by atoms with Gasteiger partial charge in [0.1, 0.15) is 0 Å². The molecule has 2 saturated heterocycles. The zero-order valence-corrected chi connectivity index (χ0v) is 12.2. The summed E-state index contributed by atoms with van der Waals surface area (Å²) in [6.07, 6.45) is 6.76. The van der Waals surface area contributed by atoms with Crippen LogP contribution in [0.3, 0.4) is 0 Å². The molecule has 0 radical (unpaired) electrons. The predicted octanol–water partition coefficient (Wildman–Crippen LogP) is 2.68. The Morgan fingerprint density at radius 1 is 1.44 bits per heavy atom. The predicted molar refractivity (Wildman–Crippen MR) is 77.2 cm³/mol. The molecular formula is C13H20N2OS2. The van der Waals surface area contributed by atoms with Crippen molar-refractivity contribution in [2.45, 2.75) is 43.9 Å². The molecule has 5 heteroatoms. The molecule has 1 aromatic heterocycles. The molecule has 1 aromatic rings. The third-order valence-corrected chi connectivity index (χ3v) is 5.71. The van der Waals surface area contributed by atoms with Crippen LogP contribution in [-0.4, -0.2) is 34.7 Å². The van der Waals surface area contributed by atoms with E-state index in [-0.39, 0.29) is 5.60 Å². The highest BCUT2D eigenvalue weighted by atomic mass is 32.2. The number of ether oxygens (including phenoxy) is 1. The van der Waals surface area contributed by atoms with Gasteiger partial charge in [0.05, 0.1) is 11.1 Å². The van der Waals surface area contributed by atoms with Crippen LogP contribution in [0.25, 0.3) is 0 Å². The van der Waals surface area contributed by atoms with Crippen molar-refractivity contribution < 1.29 is 4.74 Å². The molecule has 0 aromatic carbocycles. The fourth-order valence-electron chi connectivity index (χ4n) is 2.87. The number of thiazole rings is 1. The molecule has 0 saturated carbocycles. The zero-order chi connectivity index (χ0) is 12.3. The van der Waals surface area contributed by atoms with E-state index in [9.17, 15) is 0 Å². The molecule has 2 aliphatic rings. The molecule has 0 bridgehead atoms. The summed E-state index contributed by atoms with van der Waals surface area (Å²) in [5.74, 6) is 2.53. The van der Waals surface area contributed by atoms with E-state index >= 15 is 0 Å². The highest BCUT2D eigenvalue weighted by Crippen LogP contribution is 2.37. The number of nitrogens with zero attached hydrogens (tertiary/aromatic N) is 1. The summed E-state index contributed by atoms with van der Waals surface area (Å²) in [4.78, 5) is 5.45. The van der Waals surface area contributed by atoms with Crippen molar-refractivity contribution in [3.8, 4) is 0 Å². The Morgan fingerprint density at radius 3 is 3.11 bits per heavy atom. The Balaban J connectivity index is 1.53. The first-order valence-corrected chi connectivity index (χ1v) is 8.72. The topological polar surface area (TPSA) is 34.2 Å². The van der Waals surface area contributed by atoms with Crippen LogP contribution >= 0.6 is 23.1 Å². The van der Waals surface area contributed by atoms with Crippen LogP contribution in [0.1, 0.15) is 30.6 Å². The van der Waals surface area contributed by atoms with Gasteiger partial charge in [0.2, 0.25) is 0 Å². The molecule has 3 heterocycles. The molecule has 1 unspecified atom stereocenters. The van der Waals surface area contributed by atoms with Crippen molar-refractivity contribution in [3.05, 3.63) is 16.6 Å². The lowest BCUT2D eigenvalue weighted by atomic mass is 9.85. The molecule has 18 heavy (non-hydrogen) atoms. The summed E-state index contributed by atoms with van der Waals surface area (Å²) in [6, 6.07) is 0.615. The van der Waals surface area contributed by atoms with Crippen molar-refractivity contribution in [2.75, 3.05) is 18.1 Å². The molecule has 3 rings (SSSR count). The maximum Gasteiger partial charge on any atom is 0.0794 e. The van der Waals surface area contributed by atoms with E-state index in [1.165, 1.54) is 35.6 Å². The van der Waals surface area contributed by atoms with E-state index < -0.39 is 0 Å². The first-order valence-electron chi connectivity index (χ1n) is 6.69. The van der Waals surface area contributed by atoms with Crippen molar-refractivity contribution >= 4 is 23.1 Å². The summed E-state index contributed by atoms with van der Waals surface area (Å²) >= 11 is 3.80. The van der Waals surface area contributed by atoms with Crippen LogP contribution < -0.4 is 5.32 Å². The minimum atomic E-state index is 0.189. The first-order chi connectivity index (χ1) is 8.86. The summed E-state index contributed by atoms with van der Waals surface area (Å²) < 4.78 is 6.11. The molecule has 1 N–H and O–H groups in total. The van der Waals surface area contributed by atoms with E-state index in [2.05, 4.69) is 22.1 Å². The Hall–Kier alpha value is -0.100. The van der Waals surface area contributed by atoms with Gasteiger partial charge in [0.25, 0.3) is 0 Å². The van der Waals surface area contributed by atoms with Crippen LogP contribution in [0.4, 0.5) is 0 Å². The van der Waals surface area contributed by atoms with Crippen LogP contribution in [-0.2, 0) is 11.3 Å². The number of nitrogens with one attached hydrogen (secondary N) is 1. The normalized spacial score (nSPS) is 27.4. The van der Waals surface area contributed by atoms with Gasteiger partial charge in [0, 0.05) is 30.3 Å². The minimum absolute atomic E-state index is 0.189. The SMILES string of the molecule is c1ncc(CNC2CCOC3(CCSCC3)C2)s1. The van der Waals surface area contributed by atoms with Crippen LogP contribution in [0.15, 0.2) is 11.7 Å². The van der Waals surface area contributed by atoms with Gasteiger partial charge in [-0.2, -0.15) is 11.8 Å². The molecule has 1 atom stereocenters. The fraction of sp³-hybridized carbons (Fsp3) is 0.769. The smallest absolute Gasteiger partial charge is 0.0794 e.